The molecule has 0 unspecified atom stereocenters. The third kappa shape index (κ3) is 4.22. The van der Waals surface area contributed by atoms with Gasteiger partial charge >= 0.3 is 0 Å². The molecule has 8 nitrogen and oxygen atoms in total. The zero-order chi connectivity index (χ0) is 22.1. The van der Waals surface area contributed by atoms with E-state index in [0.717, 1.165) is 6.54 Å². The van der Waals surface area contributed by atoms with Crippen LogP contribution in [-0.2, 0) is 9.59 Å². The summed E-state index contributed by atoms with van der Waals surface area (Å²) in [6.07, 6.45) is 1.64. The minimum atomic E-state index is -0.424. The monoisotopic (exact) mass is 425 g/mol. The predicted molar refractivity (Wildman–Crippen MR) is 115 cm³/mol. The molecule has 0 radical (unpaired) electrons. The molecule has 162 valence electrons. The number of nitrogens with one attached hydrogen (secondary N) is 4. The lowest BCUT2D eigenvalue weighted by Crippen LogP contribution is -2.49. The minimum absolute atomic E-state index is 0.00927. The molecule has 1 fully saturated rings. The zero-order valence-electron chi connectivity index (χ0n) is 17.4. The summed E-state index contributed by atoms with van der Waals surface area (Å²) in [5.41, 5.74) is 3.92. The lowest BCUT2D eigenvalue weighted by Gasteiger charge is -2.26. The van der Waals surface area contributed by atoms with Crippen molar-refractivity contribution in [2.75, 3.05) is 38.0 Å². The van der Waals surface area contributed by atoms with Gasteiger partial charge in [0.1, 0.15) is 5.82 Å². The van der Waals surface area contributed by atoms with Gasteiger partial charge in [-0.05, 0) is 43.7 Å². The highest BCUT2D eigenvalue weighted by atomic mass is 19.1. The fourth-order valence-electron chi connectivity index (χ4n) is 4.01. The summed E-state index contributed by atoms with van der Waals surface area (Å²) in [6, 6.07) is 4.14. The number of anilines is 1. The maximum Gasteiger partial charge on any atom is 0.256 e. The standard InChI is InChI=1S/C22H24FN5O3/c1-12-18(10-16-15-9-14(23)3-4-17(15)27-21(16)30)26-13(2)20(12)22(31)25-6-8-28-7-5-24-19(29)11-28/h3-4,9-10,26H,5-8,11H2,1-2H3,(H,24,29)(H,25,31)(H,27,30)/b16-10-. The van der Waals surface area contributed by atoms with Gasteiger partial charge in [0, 0.05) is 48.8 Å². The topological polar surface area (TPSA) is 106 Å². The maximum absolute atomic E-state index is 13.7. The molecular formula is C22H24FN5O3. The molecule has 31 heavy (non-hydrogen) atoms. The predicted octanol–water partition coefficient (Wildman–Crippen LogP) is 1.42. The average Bonchev–Trinajstić information content (AvgIpc) is 3.17. The van der Waals surface area contributed by atoms with Crippen molar-refractivity contribution in [1.82, 2.24) is 20.5 Å². The number of hydrogen-bond acceptors (Lipinski definition) is 4. The molecule has 1 saturated heterocycles. The Kier molecular flexibility index (Phi) is 5.60. The SMILES string of the molecule is Cc1[nH]c(/C=C2\C(=O)Nc3ccc(F)cc32)c(C)c1C(=O)NCCN1CCNC(=O)C1. The Labute approximate surface area is 178 Å². The second-order valence-electron chi connectivity index (χ2n) is 7.75. The smallest absolute Gasteiger partial charge is 0.256 e. The first kappa shape index (κ1) is 20.8. The van der Waals surface area contributed by atoms with Crippen LogP contribution in [-0.4, -0.2) is 60.3 Å². The molecule has 9 heteroatoms. The van der Waals surface area contributed by atoms with E-state index in [1.54, 1.807) is 19.9 Å². The Morgan fingerprint density at radius 1 is 1.29 bits per heavy atom. The summed E-state index contributed by atoms with van der Waals surface area (Å²) < 4.78 is 13.7. The number of carbonyl (C=O) groups excluding carboxylic acids is 3. The summed E-state index contributed by atoms with van der Waals surface area (Å²) in [7, 11) is 0. The molecule has 2 aliphatic rings. The van der Waals surface area contributed by atoms with Crippen LogP contribution in [0.15, 0.2) is 18.2 Å². The van der Waals surface area contributed by atoms with E-state index in [1.807, 2.05) is 4.90 Å². The first-order valence-corrected chi connectivity index (χ1v) is 10.1. The van der Waals surface area contributed by atoms with Gasteiger partial charge in [-0.3, -0.25) is 19.3 Å². The average molecular weight is 425 g/mol. The number of benzene rings is 1. The number of carbonyl (C=O) groups is 3. The third-order valence-electron chi connectivity index (χ3n) is 5.59. The van der Waals surface area contributed by atoms with Gasteiger partial charge < -0.3 is 20.9 Å². The van der Waals surface area contributed by atoms with Gasteiger partial charge in [0.2, 0.25) is 5.91 Å². The Bertz CT molecular complexity index is 1100. The molecule has 0 aliphatic carbocycles. The summed E-state index contributed by atoms with van der Waals surface area (Å²) in [4.78, 5) is 41.7. The van der Waals surface area contributed by atoms with E-state index in [9.17, 15) is 18.8 Å². The summed E-state index contributed by atoms with van der Waals surface area (Å²) in [6.45, 7) is 6.30. The van der Waals surface area contributed by atoms with Crippen LogP contribution in [0.1, 0.15) is 32.9 Å². The second-order valence-corrected chi connectivity index (χ2v) is 7.75. The molecule has 0 bridgehead atoms. The molecule has 4 rings (SSSR count). The molecule has 0 atom stereocenters. The zero-order valence-corrected chi connectivity index (χ0v) is 17.4. The van der Waals surface area contributed by atoms with E-state index >= 15 is 0 Å². The molecule has 0 spiro atoms. The van der Waals surface area contributed by atoms with Gasteiger partial charge in [0.05, 0.1) is 17.7 Å². The normalized spacial score (nSPS) is 17.5. The Hall–Kier alpha value is -3.46. The van der Waals surface area contributed by atoms with Crippen molar-refractivity contribution in [3.63, 3.8) is 0 Å². The van der Waals surface area contributed by atoms with Crippen LogP contribution < -0.4 is 16.0 Å². The Morgan fingerprint density at radius 3 is 2.87 bits per heavy atom. The molecule has 3 heterocycles. The largest absolute Gasteiger partial charge is 0.358 e. The van der Waals surface area contributed by atoms with E-state index in [1.165, 1.54) is 18.2 Å². The number of aryl methyl sites for hydroxylation is 1. The number of H-pyrrole nitrogens is 1. The van der Waals surface area contributed by atoms with Gasteiger partial charge in [-0.25, -0.2) is 4.39 Å². The van der Waals surface area contributed by atoms with Crippen LogP contribution >= 0.6 is 0 Å². The highest BCUT2D eigenvalue weighted by molar-refractivity contribution is 6.34. The summed E-state index contributed by atoms with van der Waals surface area (Å²) >= 11 is 0. The molecular weight excluding hydrogens is 401 g/mol. The van der Waals surface area contributed by atoms with Crippen LogP contribution in [0.5, 0.6) is 0 Å². The Morgan fingerprint density at radius 2 is 2.10 bits per heavy atom. The van der Waals surface area contributed by atoms with Crippen LogP contribution in [0.4, 0.5) is 10.1 Å². The van der Waals surface area contributed by atoms with Crippen molar-refractivity contribution < 1.29 is 18.8 Å². The molecule has 1 aromatic heterocycles. The van der Waals surface area contributed by atoms with Crippen molar-refractivity contribution >= 4 is 35.1 Å². The van der Waals surface area contributed by atoms with Gasteiger partial charge in [-0.15, -0.1) is 0 Å². The van der Waals surface area contributed by atoms with Crippen LogP contribution in [0.3, 0.4) is 0 Å². The number of hydrogen-bond donors (Lipinski definition) is 4. The fraction of sp³-hybridized carbons (Fsp3) is 0.318. The first-order chi connectivity index (χ1) is 14.8. The quantitative estimate of drug-likeness (QED) is 0.544. The number of aromatic nitrogens is 1. The van der Waals surface area contributed by atoms with E-state index in [2.05, 4.69) is 20.9 Å². The van der Waals surface area contributed by atoms with Gasteiger partial charge in [-0.1, -0.05) is 0 Å². The van der Waals surface area contributed by atoms with Crippen LogP contribution in [0.2, 0.25) is 0 Å². The highest BCUT2D eigenvalue weighted by Gasteiger charge is 2.26. The van der Waals surface area contributed by atoms with Gasteiger partial charge in [-0.2, -0.15) is 0 Å². The molecule has 3 amide bonds. The molecule has 0 saturated carbocycles. The molecule has 4 N–H and O–H groups in total. The fourth-order valence-corrected chi connectivity index (χ4v) is 4.01. The van der Waals surface area contributed by atoms with E-state index < -0.39 is 5.82 Å². The van der Waals surface area contributed by atoms with E-state index in [0.29, 0.717) is 65.5 Å². The Balaban J connectivity index is 1.50. The number of fused-ring (bicyclic) bond motifs is 1. The van der Waals surface area contributed by atoms with Gasteiger partial charge in [0.15, 0.2) is 0 Å². The van der Waals surface area contributed by atoms with Crippen molar-refractivity contribution in [3.8, 4) is 0 Å². The lowest BCUT2D eigenvalue weighted by atomic mass is 10.0. The van der Waals surface area contributed by atoms with Crippen molar-refractivity contribution in [2.45, 2.75) is 13.8 Å². The maximum atomic E-state index is 13.7. The number of halogens is 1. The minimum Gasteiger partial charge on any atom is -0.358 e. The van der Waals surface area contributed by atoms with Crippen molar-refractivity contribution in [1.29, 1.82) is 0 Å². The number of piperazine rings is 1. The highest BCUT2D eigenvalue weighted by Crippen LogP contribution is 2.34. The van der Waals surface area contributed by atoms with Gasteiger partial charge in [0.25, 0.3) is 11.8 Å². The summed E-state index contributed by atoms with van der Waals surface area (Å²) in [5.74, 6) is -0.972. The van der Waals surface area contributed by atoms with Crippen LogP contribution in [0.25, 0.3) is 11.6 Å². The first-order valence-electron chi connectivity index (χ1n) is 10.1. The second kappa shape index (κ2) is 8.35. The van der Waals surface area contributed by atoms with E-state index in [4.69, 9.17) is 0 Å². The number of nitrogens with zero attached hydrogens (tertiary/aromatic N) is 1. The van der Waals surface area contributed by atoms with Crippen LogP contribution in [0, 0.1) is 19.7 Å². The summed E-state index contributed by atoms with van der Waals surface area (Å²) in [5, 5.41) is 8.39. The number of aromatic amines is 1. The molecule has 2 aromatic rings. The van der Waals surface area contributed by atoms with Crippen molar-refractivity contribution in [2.24, 2.45) is 0 Å². The lowest BCUT2D eigenvalue weighted by molar-refractivity contribution is -0.124. The number of amides is 3. The molecule has 1 aromatic carbocycles. The molecule has 2 aliphatic heterocycles. The van der Waals surface area contributed by atoms with Crippen molar-refractivity contribution in [3.05, 3.63) is 52.1 Å². The third-order valence-corrected chi connectivity index (χ3v) is 5.59. The number of rotatable bonds is 5. The van der Waals surface area contributed by atoms with E-state index in [-0.39, 0.29) is 17.7 Å².